The quantitative estimate of drug-likeness (QED) is 0.675. The summed E-state index contributed by atoms with van der Waals surface area (Å²) >= 11 is 0. The van der Waals surface area contributed by atoms with Crippen LogP contribution in [0.2, 0.25) is 0 Å². The summed E-state index contributed by atoms with van der Waals surface area (Å²) in [6.45, 7) is 0.818. The van der Waals surface area contributed by atoms with Crippen molar-refractivity contribution in [2.24, 2.45) is 0 Å². The Morgan fingerprint density at radius 3 is 2.64 bits per heavy atom. The monoisotopic (exact) mass is 385 g/mol. The van der Waals surface area contributed by atoms with Gasteiger partial charge in [0.05, 0.1) is 5.92 Å². The highest BCUT2D eigenvalue weighted by molar-refractivity contribution is 5.94. The summed E-state index contributed by atoms with van der Waals surface area (Å²) in [6.07, 6.45) is 1.47. The van der Waals surface area contributed by atoms with Crippen molar-refractivity contribution in [1.29, 1.82) is 0 Å². The summed E-state index contributed by atoms with van der Waals surface area (Å²) in [5.41, 5.74) is -0.0169. The number of likely N-dealkylation sites (tertiary alicyclic amines) is 1. The fraction of sp³-hybridized carbons (Fsp3) is 0.250. The predicted molar refractivity (Wildman–Crippen MR) is 95.1 cm³/mol. The van der Waals surface area contributed by atoms with E-state index in [0.29, 0.717) is 31.2 Å². The molecule has 4 rings (SSSR count). The molecule has 0 saturated carbocycles. The Kier molecular flexibility index (Phi) is 5.01. The Hall–Kier alpha value is -3.29. The molecule has 1 atom stereocenters. The normalized spacial score (nSPS) is 16.8. The molecule has 1 fully saturated rings. The highest BCUT2D eigenvalue weighted by atomic mass is 19.1. The van der Waals surface area contributed by atoms with E-state index in [1.165, 1.54) is 0 Å². The van der Waals surface area contributed by atoms with Gasteiger partial charge in [0.2, 0.25) is 5.89 Å². The minimum atomic E-state index is -0.781. The van der Waals surface area contributed by atoms with Crippen LogP contribution in [0.3, 0.4) is 0 Å². The number of piperidine rings is 1. The molecule has 6 nitrogen and oxygen atoms in total. The van der Waals surface area contributed by atoms with E-state index in [4.69, 9.17) is 9.26 Å². The van der Waals surface area contributed by atoms with Gasteiger partial charge in [-0.3, -0.25) is 4.79 Å². The van der Waals surface area contributed by atoms with Crippen LogP contribution in [0.5, 0.6) is 11.8 Å². The summed E-state index contributed by atoms with van der Waals surface area (Å²) in [5.74, 6) is -1.20. The third kappa shape index (κ3) is 4.00. The lowest BCUT2D eigenvalue weighted by molar-refractivity contribution is 0.0694. The third-order valence-electron chi connectivity index (χ3n) is 4.54. The van der Waals surface area contributed by atoms with Gasteiger partial charge >= 0.3 is 6.01 Å². The van der Waals surface area contributed by atoms with Crippen molar-refractivity contribution in [3.63, 3.8) is 0 Å². The fourth-order valence-electron chi connectivity index (χ4n) is 3.25. The number of rotatable bonds is 4. The topological polar surface area (TPSA) is 68.5 Å². The van der Waals surface area contributed by atoms with Crippen molar-refractivity contribution < 1.29 is 22.8 Å². The van der Waals surface area contributed by atoms with Gasteiger partial charge in [0, 0.05) is 24.7 Å². The first kappa shape index (κ1) is 18.1. The lowest BCUT2D eigenvalue weighted by Gasteiger charge is -2.31. The number of carbonyl (C=O) groups is 1. The standard InChI is InChI=1S/C20H17F2N3O3/c21-15-9-14(10-16(22)11-15)19(26)25-8-4-5-13(12-25)18-23-20(24-28-18)27-17-6-2-1-3-7-17/h1-3,6-7,9-11,13H,4-5,8,12H2/t13-/m0/s1. The molecule has 0 unspecified atom stereocenters. The molecule has 8 heteroatoms. The van der Waals surface area contributed by atoms with Gasteiger partial charge in [0.15, 0.2) is 0 Å². The zero-order valence-electron chi connectivity index (χ0n) is 14.8. The van der Waals surface area contributed by atoms with Crippen molar-refractivity contribution in [3.8, 4) is 11.8 Å². The average Bonchev–Trinajstić information content (AvgIpc) is 3.16. The Labute approximate surface area is 159 Å². The number of hydrogen-bond donors (Lipinski definition) is 0. The third-order valence-corrected chi connectivity index (χ3v) is 4.54. The van der Waals surface area contributed by atoms with Crippen LogP contribution in [-0.4, -0.2) is 34.0 Å². The van der Waals surface area contributed by atoms with Gasteiger partial charge in [-0.15, -0.1) is 0 Å². The van der Waals surface area contributed by atoms with E-state index >= 15 is 0 Å². The van der Waals surface area contributed by atoms with Crippen LogP contribution in [0.25, 0.3) is 0 Å². The maximum Gasteiger partial charge on any atom is 0.359 e. The number of aromatic nitrogens is 2. The van der Waals surface area contributed by atoms with Gasteiger partial charge in [-0.05, 0) is 42.3 Å². The Morgan fingerprint density at radius 1 is 1.14 bits per heavy atom. The SMILES string of the molecule is O=C(c1cc(F)cc(F)c1)N1CCC[C@H](c2nc(Oc3ccccc3)no2)C1. The lowest BCUT2D eigenvalue weighted by atomic mass is 9.97. The molecule has 0 spiro atoms. The number of para-hydroxylation sites is 1. The Balaban J connectivity index is 1.46. The summed E-state index contributed by atoms with van der Waals surface area (Å²) in [7, 11) is 0. The summed E-state index contributed by atoms with van der Waals surface area (Å²) in [6, 6.07) is 12.0. The molecular formula is C20H17F2N3O3. The molecule has 1 aliphatic rings. The fourth-order valence-corrected chi connectivity index (χ4v) is 3.25. The minimum Gasteiger partial charge on any atom is -0.422 e. The van der Waals surface area contributed by atoms with Gasteiger partial charge in [0.1, 0.15) is 17.4 Å². The summed E-state index contributed by atoms with van der Waals surface area (Å²) < 4.78 is 37.7. The largest absolute Gasteiger partial charge is 0.422 e. The van der Waals surface area contributed by atoms with Gasteiger partial charge in [-0.25, -0.2) is 8.78 Å². The number of carbonyl (C=O) groups excluding carboxylic acids is 1. The van der Waals surface area contributed by atoms with E-state index in [1.54, 1.807) is 17.0 Å². The van der Waals surface area contributed by atoms with E-state index in [-0.39, 0.29) is 17.5 Å². The van der Waals surface area contributed by atoms with Crippen LogP contribution >= 0.6 is 0 Å². The molecule has 2 heterocycles. The van der Waals surface area contributed by atoms with Crippen molar-refractivity contribution in [1.82, 2.24) is 15.0 Å². The molecule has 0 N–H and O–H groups in total. The van der Waals surface area contributed by atoms with Crippen molar-refractivity contribution >= 4 is 5.91 Å². The average molecular weight is 385 g/mol. The maximum absolute atomic E-state index is 13.4. The van der Waals surface area contributed by atoms with Crippen LogP contribution < -0.4 is 4.74 Å². The molecule has 1 saturated heterocycles. The second-order valence-electron chi connectivity index (χ2n) is 6.58. The second-order valence-corrected chi connectivity index (χ2v) is 6.58. The van der Waals surface area contributed by atoms with E-state index in [9.17, 15) is 13.6 Å². The zero-order valence-corrected chi connectivity index (χ0v) is 14.8. The number of ether oxygens (including phenoxy) is 1. The molecule has 0 bridgehead atoms. The highest BCUT2D eigenvalue weighted by Crippen LogP contribution is 2.29. The number of nitrogens with zero attached hydrogens (tertiary/aromatic N) is 3. The number of halogens is 2. The predicted octanol–water partition coefficient (Wildman–Crippen LogP) is 4.16. The molecule has 0 radical (unpaired) electrons. The van der Waals surface area contributed by atoms with Gasteiger partial charge in [-0.1, -0.05) is 18.2 Å². The molecule has 3 aromatic rings. The smallest absolute Gasteiger partial charge is 0.359 e. The van der Waals surface area contributed by atoms with Gasteiger partial charge in [-0.2, -0.15) is 4.98 Å². The van der Waals surface area contributed by atoms with Crippen LogP contribution in [0.1, 0.15) is 35.0 Å². The number of hydrogen-bond acceptors (Lipinski definition) is 5. The van der Waals surface area contributed by atoms with E-state index < -0.39 is 17.5 Å². The summed E-state index contributed by atoms with van der Waals surface area (Å²) in [5, 5.41) is 3.83. The molecule has 28 heavy (non-hydrogen) atoms. The lowest BCUT2D eigenvalue weighted by Crippen LogP contribution is -2.39. The van der Waals surface area contributed by atoms with Crippen LogP contribution in [-0.2, 0) is 0 Å². The van der Waals surface area contributed by atoms with Gasteiger partial charge < -0.3 is 14.2 Å². The maximum atomic E-state index is 13.4. The second kappa shape index (κ2) is 7.75. The van der Waals surface area contributed by atoms with Crippen LogP contribution in [0.4, 0.5) is 8.78 Å². The molecular weight excluding hydrogens is 368 g/mol. The van der Waals surface area contributed by atoms with E-state index in [2.05, 4.69) is 10.1 Å². The van der Waals surface area contributed by atoms with E-state index in [0.717, 1.165) is 24.6 Å². The molecule has 2 aromatic carbocycles. The molecule has 1 amide bonds. The molecule has 1 aromatic heterocycles. The molecule has 1 aliphatic heterocycles. The first-order valence-electron chi connectivity index (χ1n) is 8.90. The minimum absolute atomic E-state index is 0.0169. The zero-order chi connectivity index (χ0) is 19.5. The summed E-state index contributed by atoms with van der Waals surface area (Å²) in [4.78, 5) is 18.4. The number of amides is 1. The van der Waals surface area contributed by atoms with Crippen molar-refractivity contribution in [3.05, 3.63) is 71.6 Å². The highest BCUT2D eigenvalue weighted by Gasteiger charge is 2.29. The Morgan fingerprint density at radius 2 is 1.89 bits per heavy atom. The number of benzene rings is 2. The molecule has 144 valence electrons. The first-order chi connectivity index (χ1) is 13.6. The van der Waals surface area contributed by atoms with Gasteiger partial charge in [0.25, 0.3) is 5.91 Å². The molecule has 0 aliphatic carbocycles. The Bertz CT molecular complexity index is 958. The van der Waals surface area contributed by atoms with Crippen LogP contribution in [0.15, 0.2) is 53.1 Å². The first-order valence-corrected chi connectivity index (χ1v) is 8.90. The van der Waals surface area contributed by atoms with E-state index in [1.807, 2.05) is 18.2 Å². The van der Waals surface area contributed by atoms with Crippen molar-refractivity contribution in [2.75, 3.05) is 13.1 Å². The van der Waals surface area contributed by atoms with Crippen molar-refractivity contribution in [2.45, 2.75) is 18.8 Å². The van der Waals surface area contributed by atoms with Crippen LogP contribution in [0, 0.1) is 11.6 Å².